The zero-order valence-corrected chi connectivity index (χ0v) is 16.2. The zero-order valence-electron chi connectivity index (χ0n) is 16.2. The summed E-state index contributed by atoms with van der Waals surface area (Å²) in [6.07, 6.45) is 3.25. The maximum absolute atomic E-state index is 12.4. The van der Waals surface area contributed by atoms with Gasteiger partial charge in [-0.2, -0.15) is 0 Å². The van der Waals surface area contributed by atoms with Crippen molar-refractivity contribution in [1.82, 2.24) is 9.55 Å². The molecule has 4 aromatic rings. The number of hydrogen-bond donors (Lipinski definition) is 0. The van der Waals surface area contributed by atoms with Crippen molar-refractivity contribution < 1.29 is 9.53 Å². The lowest BCUT2D eigenvalue weighted by molar-refractivity contribution is 0.0513. The van der Waals surface area contributed by atoms with E-state index in [2.05, 4.69) is 53.5 Å². The number of carbonyl (C=O) groups excluding carboxylic acids is 1. The minimum absolute atomic E-state index is 0.178. The van der Waals surface area contributed by atoms with Gasteiger partial charge in [-0.3, -0.25) is 0 Å². The van der Waals surface area contributed by atoms with Crippen LogP contribution in [0.3, 0.4) is 0 Å². The fourth-order valence-electron chi connectivity index (χ4n) is 3.51. The van der Waals surface area contributed by atoms with Crippen molar-refractivity contribution >= 4 is 5.97 Å². The molecule has 1 heterocycles. The summed E-state index contributed by atoms with van der Waals surface area (Å²) < 4.78 is 7.11. The molecule has 4 heteroatoms. The van der Waals surface area contributed by atoms with Crippen LogP contribution in [0.4, 0.5) is 0 Å². The van der Waals surface area contributed by atoms with Crippen molar-refractivity contribution in [2.24, 2.45) is 0 Å². The van der Waals surface area contributed by atoms with Gasteiger partial charge in [-0.05, 0) is 29.2 Å². The Balaban J connectivity index is 1.77. The van der Waals surface area contributed by atoms with Gasteiger partial charge in [0.05, 0.1) is 25.2 Å². The molecule has 1 atom stereocenters. The third-order valence-electron chi connectivity index (χ3n) is 4.88. The lowest BCUT2D eigenvalue weighted by Crippen LogP contribution is -2.18. The van der Waals surface area contributed by atoms with Crippen LogP contribution in [0.25, 0.3) is 11.1 Å². The quantitative estimate of drug-likeness (QED) is 0.421. The molecular weight excluding hydrogens is 360 g/mol. The van der Waals surface area contributed by atoms with Crippen molar-refractivity contribution in [2.75, 3.05) is 6.61 Å². The third-order valence-corrected chi connectivity index (χ3v) is 4.88. The summed E-state index contributed by atoms with van der Waals surface area (Å²) in [4.78, 5) is 16.7. The Morgan fingerprint density at radius 1 is 0.862 bits per heavy atom. The van der Waals surface area contributed by atoms with E-state index in [-0.39, 0.29) is 12.0 Å². The van der Waals surface area contributed by atoms with E-state index in [9.17, 15) is 4.79 Å². The van der Waals surface area contributed by atoms with E-state index in [1.165, 1.54) is 5.56 Å². The van der Waals surface area contributed by atoms with Crippen LogP contribution in [0.5, 0.6) is 0 Å². The topological polar surface area (TPSA) is 44.1 Å². The van der Waals surface area contributed by atoms with Gasteiger partial charge in [-0.25, -0.2) is 9.78 Å². The summed E-state index contributed by atoms with van der Waals surface area (Å²) in [5.41, 5.74) is 4.90. The average molecular weight is 382 g/mol. The van der Waals surface area contributed by atoms with E-state index in [1.54, 1.807) is 19.4 Å². The Labute approximate surface area is 170 Å². The van der Waals surface area contributed by atoms with Crippen molar-refractivity contribution in [2.45, 2.75) is 13.0 Å². The van der Waals surface area contributed by atoms with E-state index in [0.29, 0.717) is 12.3 Å². The number of hydrogen-bond acceptors (Lipinski definition) is 3. The maximum atomic E-state index is 12.4. The van der Waals surface area contributed by atoms with Gasteiger partial charge < -0.3 is 9.30 Å². The highest BCUT2D eigenvalue weighted by atomic mass is 16.5. The predicted molar refractivity (Wildman–Crippen MR) is 114 cm³/mol. The standard InChI is InChI=1S/C25H22N2O2/c1-2-29-25(28)23-17-26-18-27(23)24(21-11-7-4-8-12-21)22-15-13-20(14-16-22)19-9-5-3-6-10-19/h3-18,24H,2H2,1H3. The summed E-state index contributed by atoms with van der Waals surface area (Å²) in [6, 6.07) is 28.6. The van der Waals surface area contributed by atoms with Crippen LogP contribution in [0.2, 0.25) is 0 Å². The van der Waals surface area contributed by atoms with Gasteiger partial charge in [0.15, 0.2) is 0 Å². The SMILES string of the molecule is CCOC(=O)c1cncn1C(c1ccccc1)c1ccc(-c2ccccc2)cc1. The molecule has 0 spiro atoms. The maximum Gasteiger partial charge on any atom is 0.356 e. The Hall–Kier alpha value is -3.66. The van der Waals surface area contributed by atoms with Crippen LogP contribution in [-0.2, 0) is 4.74 Å². The zero-order chi connectivity index (χ0) is 20.1. The van der Waals surface area contributed by atoms with Crippen LogP contribution in [0.15, 0.2) is 97.5 Å². The first-order valence-electron chi connectivity index (χ1n) is 9.67. The minimum atomic E-state index is -0.369. The predicted octanol–water partition coefficient (Wildman–Crippen LogP) is 5.36. The number of rotatable bonds is 6. The van der Waals surface area contributed by atoms with Gasteiger partial charge in [0.25, 0.3) is 0 Å². The molecule has 0 N–H and O–H groups in total. The third kappa shape index (κ3) is 3.97. The lowest BCUT2D eigenvalue weighted by atomic mass is 9.95. The molecule has 0 saturated heterocycles. The summed E-state index contributed by atoms with van der Waals surface area (Å²) in [7, 11) is 0. The average Bonchev–Trinajstić information content (AvgIpc) is 3.25. The van der Waals surface area contributed by atoms with Gasteiger partial charge >= 0.3 is 5.97 Å². The Bertz CT molecular complexity index is 1070. The second kappa shape index (κ2) is 8.57. The summed E-state index contributed by atoms with van der Waals surface area (Å²) >= 11 is 0. The molecule has 0 radical (unpaired) electrons. The van der Waals surface area contributed by atoms with Crippen molar-refractivity contribution in [3.05, 3.63) is 114 Å². The molecule has 0 bridgehead atoms. The molecule has 0 aliphatic rings. The summed E-state index contributed by atoms with van der Waals surface area (Å²) in [5, 5.41) is 0. The summed E-state index contributed by atoms with van der Waals surface area (Å²) in [6.45, 7) is 2.13. The molecular formula is C25H22N2O2. The number of aromatic nitrogens is 2. The van der Waals surface area contributed by atoms with Gasteiger partial charge in [0.2, 0.25) is 0 Å². The normalized spacial score (nSPS) is 11.8. The van der Waals surface area contributed by atoms with E-state index >= 15 is 0 Å². The smallest absolute Gasteiger partial charge is 0.356 e. The number of benzene rings is 3. The summed E-state index contributed by atoms with van der Waals surface area (Å²) in [5.74, 6) is -0.369. The van der Waals surface area contributed by atoms with Crippen LogP contribution in [-0.4, -0.2) is 22.1 Å². The molecule has 0 saturated carbocycles. The number of ether oxygens (including phenoxy) is 1. The van der Waals surface area contributed by atoms with Crippen LogP contribution >= 0.6 is 0 Å². The lowest BCUT2D eigenvalue weighted by Gasteiger charge is -2.22. The Kier molecular flexibility index (Phi) is 5.52. The number of esters is 1. The largest absolute Gasteiger partial charge is 0.461 e. The van der Waals surface area contributed by atoms with E-state index in [1.807, 2.05) is 41.0 Å². The first-order chi connectivity index (χ1) is 14.3. The number of nitrogens with zero attached hydrogens (tertiary/aromatic N) is 2. The molecule has 4 rings (SSSR count). The molecule has 29 heavy (non-hydrogen) atoms. The number of imidazole rings is 1. The molecule has 144 valence electrons. The highest BCUT2D eigenvalue weighted by Gasteiger charge is 2.22. The van der Waals surface area contributed by atoms with Crippen molar-refractivity contribution in [3.63, 3.8) is 0 Å². The number of carbonyl (C=O) groups is 1. The molecule has 0 aliphatic heterocycles. The van der Waals surface area contributed by atoms with E-state index in [0.717, 1.165) is 16.7 Å². The highest BCUT2D eigenvalue weighted by molar-refractivity contribution is 5.87. The Morgan fingerprint density at radius 3 is 2.10 bits per heavy atom. The van der Waals surface area contributed by atoms with Gasteiger partial charge in [0, 0.05) is 0 Å². The van der Waals surface area contributed by atoms with E-state index < -0.39 is 0 Å². The van der Waals surface area contributed by atoms with Crippen LogP contribution in [0, 0.1) is 0 Å². The molecule has 0 fully saturated rings. The molecule has 3 aromatic carbocycles. The van der Waals surface area contributed by atoms with Gasteiger partial charge in [-0.1, -0.05) is 84.9 Å². The van der Waals surface area contributed by atoms with Crippen molar-refractivity contribution in [1.29, 1.82) is 0 Å². The monoisotopic (exact) mass is 382 g/mol. The van der Waals surface area contributed by atoms with E-state index in [4.69, 9.17) is 4.74 Å². The first kappa shape index (κ1) is 18.7. The fraction of sp³-hybridized carbons (Fsp3) is 0.120. The van der Waals surface area contributed by atoms with Gasteiger partial charge in [0.1, 0.15) is 5.69 Å². The fourth-order valence-corrected chi connectivity index (χ4v) is 3.51. The molecule has 4 nitrogen and oxygen atoms in total. The second-order valence-corrected chi connectivity index (χ2v) is 6.71. The van der Waals surface area contributed by atoms with Crippen LogP contribution < -0.4 is 0 Å². The molecule has 1 aromatic heterocycles. The minimum Gasteiger partial charge on any atom is -0.461 e. The Morgan fingerprint density at radius 2 is 1.45 bits per heavy atom. The van der Waals surface area contributed by atoms with Gasteiger partial charge in [-0.15, -0.1) is 0 Å². The molecule has 1 unspecified atom stereocenters. The van der Waals surface area contributed by atoms with Crippen LogP contribution in [0.1, 0.15) is 34.6 Å². The first-order valence-corrected chi connectivity index (χ1v) is 9.67. The molecule has 0 amide bonds. The second-order valence-electron chi connectivity index (χ2n) is 6.71. The molecule has 0 aliphatic carbocycles. The highest BCUT2D eigenvalue weighted by Crippen LogP contribution is 2.30. The van der Waals surface area contributed by atoms with Crippen molar-refractivity contribution in [3.8, 4) is 11.1 Å².